The molecule has 1 aliphatic carbocycles. The molecule has 1 aromatic rings. The number of aromatic nitrogens is 2. The van der Waals surface area contributed by atoms with Crippen molar-refractivity contribution in [3.63, 3.8) is 0 Å². The molecule has 0 amide bonds. The first-order chi connectivity index (χ1) is 8.74. The topological polar surface area (TPSA) is 38.9 Å². The molecule has 0 radical (unpaired) electrons. The van der Waals surface area contributed by atoms with Gasteiger partial charge in [0.2, 0.25) is 5.89 Å². The van der Waals surface area contributed by atoms with Gasteiger partial charge >= 0.3 is 0 Å². The molecular weight excluding hydrogens is 292 g/mol. The predicted octanol–water partition coefficient (Wildman–Crippen LogP) is 4.99. The molecule has 18 heavy (non-hydrogen) atoms. The van der Waals surface area contributed by atoms with Crippen LogP contribution in [-0.2, 0) is 0 Å². The minimum absolute atomic E-state index is 0.204. The van der Waals surface area contributed by atoms with Crippen LogP contribution < -0.4 is 0 Å². The molecule has 0 N–H and O–H groups in total. The van der Waals surface area contributed by atoms with E-state index >= 15 is 0 Å². The molecule has 0 bridgehead atoms. The van der Waals surface area contributed by atoms with Crippen LogP contribution in [-0.4, -0.2) is 10.1 Å². The van der Waals surface area contributed by atoms with Crippen molar-refractivity contribution in [3.8, 4) is 0 Å². The van der Waals surface area contributed by atoms with Gasteiger partial charge in [-0.2, -0.15) is 4.98 Å². The molecule has 1 unspecified atom stereocenters. The zero-order chi connectivity index (χ0) is 13.0. The van der Waals surface area contributed by atoms with Gasteiger partial charge in [-0.05, 0) is 38.0 Å². The Morgan fingerprint density at radius 1 is 1.28 bits per heavy atom. The summed E-state index contributed by atoms with van der Waals surface area (Å²) >= 11 is 3.56. The largest absolute Gasteiger partial charge is 0.338 e. The lowest BCUT2D eigenvalue weighted by Crippen LogP contribution is -2.14. The first-order valence-corrected chi connectivity index (χ1v) is 8.13. The molecule has 0 spiro atoms. The minimum Gasteiger partial charge on any atom is -0.338 e. The van der Waals surface area contributed by atoms with Gasteiger partial charge in [-0.1, -0.05) is 47.8 Å². The Kier molecular flexibility index (Phi) is 5.22. The first-order valence-electron chi connectivity index (χ1n) is 7.22. The van der Waals surface area contributed by atoms with Crippen LogP contribution in [0.4, 0.5) is 0 Å². The van der Waals surface area contributed by atoms with Crippen LogP contribution in [0, 0.1) is 5.92 Å². The van der Waals surface area contributed by atoms with E-state index in [0.717, 1.165) is 24.1 Å². The Labute approximate surface area is 118 Å². The second kappa shape index (κ2) is 6.69. The monoisotopic (exact) mass is 314 g/mol. The molecule has 0 aliphatic heterocycles. The van der Waals surface area contributed by atoms with Crippen molar-refractivity contribution >= 4 is 15.9 Å². The Bertz CT molecular complexity index is 358. The van der Waals surface area contributed by atoms with Crippen LogP contribution in [0.1, 0.15) is 81.3 Å². The van der Waals surface area contributed by atoms with Gasteiger partial charge in [0.05, 0.1) is 4.83 Å². The Morgan fingerprint density at radius 2 is 2.00 bits per heavy atom. The SMILES string of the molecule is CCCC1CCC(c2noc(C(Br)CC)n2)CC1. The number of rotatable bonds is 5. The summed E-state index contributed by atoms with van der Waals surface area (Å²) in [5.74, 6) is 3.12. The van der Waals surface area contributed by atoms with E-state index in [1.165, 1.54) is 38.5 Å². The fraction of sp³-hybridized carbons (Fsp3) is 0.857. The summed E-state index contributed by atoms with van der Waals surface area (Å²) < 4.78 is 5.34. The maximum atomic E-state index is 5.34. The van der Waals surface area contributed by atoms with Gasteiger partial charge in [0, 0.05) is 5.92 Å². The lowest BCUT2D eigenvalue weighted by atomic mass is 9.80. The third kappa shape index (κ3) is 3.34. The molecule has 4 heteroatoms. The molecule has 0 saturated heterocycles. The van der Waals surface area contributed by atoms with E-state index in [0.29, 0.717) is 5.92 Å². The van der Waals surface area contributed by atoms with Crippen molar-refractivity contribution in [3.05, 3.63) is 11.7 Å². The van der Waals surface area contributed by atoms with E-state index < -0.39 is 0 Å². The van der Waals surface area contributed by atoms with E-state index in [1.54, 1.807) is 0 Å². The highest BCUT2D eigenvalue weighted by atomic mass is 79.9. The molecule has 0 aromatic carbocycles. The molecule has 1 saturated carbocycles. The highest BCUT2D eigenvalue weighted by Crippen LogP contribution is 2.37. The van der Waals surface area contributed by atoms with Crippen molar-refractivity contribution in [1.29, 1.82) is 0 Å². The van der Waals surface area contributed by atoms with E-state index in [2.05, 4.69) is 39.9 Å². The zero-order valence-electron chi connectivity index (χ0n) is 11.4. The molecule has 1 atom stereocenters. The van der Waals surface area contributed by atoms with Crippen LogP contribution >= 0.6 is 15.9 Å². The smallest absolute Gasteiger partial charge is 0.240 e. The van der Waals surface area contributed by atoms with E-state index in [9.17, 15) is 0 Å². The molecular formula is C14H23BrN2O. The van der Waals surface area contributed by atoms with Crippen LogP contribution in [0.5, 0.6) is 0 Å². The fourth-order valence-corrected chi connectivity index (χ4v) is 3.02. The second-order valence-electron chi connectivity index (χ2n) is 5.37. The van der Waals surface area contributed by atoms with Gasteiger partial charge in [-0.25, -0.2) is 0 Å². The summed E-state index contributed by atoms with van der Waals surface area (Å²) in [4.78, 5) is 4.75. The molecule has 2 rings (SSSR count). The lowest BCUT2D eigenvalue weighted by Gasteiger charge is -2.26. The van der Waals surface area contributed by atoms with Crippen molar-refractivity contribution in [2.75, 3.05) is 0 Å². The maximum absolute atomic E-state index is 5.34. The molecule has 3 nitrogen and oxygen atoms in total. The highest BCUT2D eigenvalue weighted by molar-refractivity contribution is 9.09. The molecule has 1 aromatic heterocycles. The predicted molar refractivity (Wildman–Crippen MR) is 75.9 cm³/mol. The minimum atomic E-state index is 0.204. The fourth-order valence-electron chi connectivity index (χ4n) is 2.83. The summed E-state index contributed by atoms with van der Waals surface area (Å²) in [5, 5.41) is 4.16. The quantitative estimate of drug-likeness (QED) is 0.719. The van der Waals surface area contributed by atoms with Crippen LogP contribution in [0.2, 0.25) is 0 Å². The maximum Gasteiger partial charge on any atom is 0.240 e. The summed E-state index contributed by atoms with van der Waals surface area (Å²) in [5.41, 5.74) is 0. The first kappa shape index (κ1) is 14.0. The summed E-state index contributed by atoms with van der Waals surface area (Å²) in [6, 6.07) is 0. The van der Waals surface area contributed by atoms with Crippen molar-refractivity contribution in [1.82, 2.24) is 10.1 Å². The summed E-state index contributed by atoms with van der Waals surface area (Å²) in [6.07, 6.45) is 8.77. The zero-order valence-corrected chi connectivity index (χ0v) is 12.9. The molecule has 102 valence electrons. The lowest BCUT2D eigenvalue weighted by molar-refractivity contribution is 0.294. The summed E-state index contributed by atoms with van der Waals surface area (Å²) in [6.45, 7) is 4.39. The number of alkyl halides is 1. The van der Waals surface area contributed by atoms with Crippen LogP contribution in [0.3, 0.4) is 0 Å². The van der Waals surface area contributed by atoms with Crippen LogP contribution in [0.15, 0.2) is 4.52 Å². The average Bonchev–Trinajstić information content (AvgIpc) is 2.89. The van der Waals surface area contributed by atoms with Gasteiger partial charge in [0.25, 0.3) is 0 Å². The molecule has 1 aliphatic rings. The van der Waals surface area contributed by atoms with Crippen molar-refractivity contribution < 1.29 is 4.52 Å². The van der Waals surface area contributed by atoms with Crippen LogP contribution in [0.25, 0.3) is 0 Å². The standard InChI is InChI=1S/C14H23BrN2O/c1-3-5-10-6-8-11(9-7-10)13-16-14(18-17-13)12(15)4-2/h10-12H,3-9H2,1-2H3. The van der Waals surface area contributed by atoms with Gasteiger partial charge in [-0.15, -0.1) is 0 Å². The number of hydrogen-bond donors (Lipinski definition) is 0. The van der Waals surface area contributed by atoms with Gasteiger partial charge in [-0.3, -0.25) is 0 Å². The third-order valence-corrected chi connectivity index (χ3v) is 5.03. The summed E-state index contributed by atoms with van der Waals surface area (Å²) in [7, 11) is 0. The Balaban J connectivity index is 1.91. The number of hydrogen-bond acceptors (Lipinski definition) is 3. The van der Waals surface area contributed by atoms with Gasteiger partial charge in [0.1, 0.15) is 0 Å². The van der Waals surface area contributed by atoms with E-state index in [-0.39, 0.29) is 4.83 Å². The van der Waals surface area contributed by atoms with Gasteiger partial charge < -0.3 is 4.52 Å². The van der Waals surface area contributed by atoms with E-state index in [1.807, 2.05) is 0 Å². The van der Waals surface area contributed by atoms with Crippen molar-refractivity contribution in [2.24, 2.45) is 5.92 Å². The normalized spacial score (nSPS) is 26.2. The Morgan fingerprint density at radius 3 is 2.61 bits per heavy atom. The Hall–Kier alpha value is -0.380. The highest BCUT2D eigenvalue weighted by Gasteiger charge is 2.26. The van der Waals surface area contributed by atoms with Gasteiger partial charge in [0.15, 0.2) is 5.82 Å². The second-order valence-corrected chi connectivity index (χ2v) is 6.48. The average molecular weight is 315 g/mol. The number of nitrogens with zero attached hydrogens (tertiary/aromatic N) is 2. The van der Waals surface area contributed by atoms with E-state index in [4.69, 9.17) is 4.52 Å². The molecule has 1 heterocycles. The van der Waals surface area contributed by atoms with Crippen molar-refractivity contribution in [2.45, 2.75) is 69.5 Å². The number of halogens is 1. The third-order valence-electron chi connectivity index (χ3n) is 3.99. The molecule has 1 fully saturated rings.